The Morgan fingerprint density at radius 2 is 1.91 bits per heavy atom. The Morgan fingerprint density at radius 3 is 2.35 bits per heavy atom. The third-order valence-corrected chi connectivity index (χ3v) is 4.10. The average Bonchev–Trinajstić information content (AvgIpc) is 2.83. The van der Waals surface area contributed by atoms with Crippen LogP contribution in [0.1, 0.15) is 40.0 Å². The van der Waals surface area contributed by atoms with Crippen molar-refractivity contribution < 1.29 is 32.6 Å². The molecule has 1 aliphatic heterocycles. The predicted octanol–water partition coefficient (Wildman–Crippen LogP) is 2.69. The number of likely N-dealkylation sites (tertiary alicyclic amines) is 1. The van der Waals surface area contributed by atoms with E-state index in [1.54, 1.807) is 0 Å². The van der Waals surface area contributed by atoms with Gasteiger partial charge in [0.25, 0.3) is 0 Å². The zero-order valence-corrected chi connectivity index (χ0v) is 13.7. The molecule has 0 aromatic rings. The summed E-state index contributed by atoms with van der Waals surface area (Å²) in [6.07, 6.45) is -4.74. The Balaban J connectivity index is 2.52. The van der Waals surface area contributed by atoms with Crippen molar-refractivity contribution in [2.45, 2.75) is 52.3 Å². The first-order valence-corrected chi connectivity index (χ1v) is 7.69. The van der Waals surface area contributed by atoms with Crippen molar-refractivity contribution in [2.75, 3.05) is 19.7 Å². The van der Waals surface area contributed by atoms with E-state index in [1.165, 1.54) is 0 Å². The van der Waals surface area contributed by atoms with Gasteiger partial charge >= 0.3 is 12.1 Å². The fourth-order valence-corrected chi connectivity index (χ4v) is 2.79. The van der Waals surface area contributed by atoms with Crippen molar-refractivity contribution in [3.8, 4) is 0 Å². The third kappa shape index (κ3) is 4.83. The van der Waals surface area contributed by atoms with Gasteiger partial charge in [0, 0.05) is 13.1 Å². The van der Waals surface area contributed by atoms with E-state index in [4.69, 9.17) is 9.84 Å². The second-order valence-electron chi connectivity index (χ2n) is 6.51. The molecular weight excluding hydrogens is 315 g/mol. The van der Waals surface area contributed by atoms with E-state index in [1.807, 2.05) is 20.8 Å². The molecule has 2 atom stereocenters. The molecule has 5 nitrogen and oxygen atoms in total. The van der Waals surface area contributed by atoms with Crippen LogP contribution in [0.3, 0.4) is 0 Å². The van der Waals surface area contributed by atoms with E-state index in [0.717, 1.165) is 11.3 Å². The summed E-state index contributed by atoms with van der Waals surface area (Å²) in [6, 6.07) is 0. The first-order chi connectivity index (χ1) is 10.5. The van der Waals surface area contributed by atoms with Crippen molar-refractivity contribution in [1.29, 1.82) is 0 Å². The van der Waals surface area contributed by atoms with Crippen LogP contribution in [-0.2, 0) is 14.3 Å². The lowest BCUT2D eigenvalue weighted by Gasteiger charge is -2.27. The van der Waals surface area contributed by atoms with Crippen LogP contribution in [0.4, 0.5) is 13.2 Å². The number of carbonyl (C=O) groups is 2. The molecule has 2 unspecified atom stereocenters. The van der Waals surface area contributed by atoms with Gasteiger partial charge in [-0.1, -0.05) is 13.8 Å². The summed E-state index contributed by atoms with van der Waals surface area (Å²) in [5.74, 6) is -1.99. The molecule has 1 amide bonds. The van der Waals surface area contributed by atoms with Crippen molar-refractivity contribution in [3.63, 3.8) is 0 Å². The van der Waals surface area contributed by atoms with Gasteiger partial charge in [0.1, 0.15) is 0 Å². The molecule has 23 heavy (non-hydrogen) atoms. The molecule has 1 saturated heterocycles. The Hall–Kier alpha value is -1.31. The maximum absolute atomic E-state index is 13.0. The second-order valence-corrected chi connectivity index (χ2v) is 6.51. The van der Waals surface area contributed by atoms with E-state index in [2.05, 4.69) is 0 Å². The van der Waals surface area contributed by atoms with Gasteiger partial charge in [-0.2, -0.15) is 13.2 Å². The van der Waals surface area contributed by atoms with Gasteiger partial charge in [-0.3, -0.25) is 9.59 Å². The van der Waals surface area contributed by atoms with Crippen LogP contribution in [0.25, 0.3) is 0 Å². The lowest BCUT2D eigenvalue weighted by Crippen LogP contribution is -2.47. The number of carbonyl (C=O) groups excluding carboxylic acids is 1. The summed E-state index contributed by atoms with van der Waals surface area (Å²) in [5, 5.41) is 8.95. The zero-order chi connectivity index (χ0) is 17.8. The minimum Gasteiger partial charge on any atom is -0.481 e. The number of halogens is 3. The van der Waals surface area contributed by atoms with E-state index in [-0.39, 0.29) is 25.7 Å². The van der Waals surface area contributed by atoms with Gasteiger partial charge < -0.3 is 14.7 Å². The highest BCUT2D eigenvalue weighted by atomic mass is 19.4. The largest absolute Gasteiger partial charge is 0.481 e. The van der Waals surface area contributed by atoms with E-state index >= 15 is 0 Å². The highest BCUT2D eigenvalue weighted by molar-refractivity contribution is 5.81. The number of carboxylic acids is 1. The lowest BCUT2D eigenvalue weighted by molar-refractivity contribution is -0.227. The number of hydrogen-bond acceptors (Lipinski definition) is 3. The number of amides is 1. The number of alkyl halides is 3. The number of carboxylic acid groups (broad SMARTS) is 1. The van der Waals surface area contributed by atoms with Gasteiger partial charge in [0.05, 0.1) is 19.1 Å². The summed E-state index contributed by atoms with van der Waals surface area (Å²) in [5.41, 5.74) is -2.85. The maximum atomic E-state index is 13.0. The molecule has 0 spiro atoms. The van der Waals surface area contributed by atoms with Crippen molar-refractivity contribution in [1.82, 2.24) is 4.90 Å². The zero-order valence-electron chi connectivity index (χ0n) is 13.7. The summed E-state index contributed by atoms with van der Waals surface area (Å²) in [4.78, 5) is 24.0. The molecule has 8 heteroatoms. The average molecular weight is 339 g/mol. The third-order valence-electron chi connectivity index (χ3n) is 4.10. The predicted molar refractivity (Wildman–Crippen MR) is 76.8 cm³/mol. The van der Waals surface area contributed by atoms with Crippen LogP contribution >= 0.6 is 0 Å². The molecule has 1 fully saturated rings. The molecule has 0 radical (unpaired) electrons. The highest BCUT2D eigenvalue weighted by Crippen LogP contribution is 2.45. The van der Waals surface area contributed by atoms with Crippen LogP contribution < -0.4 is 0 Å². The number of aliphatic carboxylic acids is 1. The summed E-state index contributed by atoms with van der Waals surface area (Å²) in [6.45, 7) is 5.04. The van der Waals surface area contributed by atoms with E-state index < -0.39 is 36.4 Å². The van der Waals surface area contributed by atoms with Crippen LogP contribution in [0, 0.1) is 11.3 Å². The molecular formula is C15H24F3NO4. The Bertz CT molecular complexity index is 439. The maximum Gasteiger partial charge on any atom is 0.406 e. The molecule has 0 aromatic heterocycles. The topological polar surface area (TPSA) is 66.8 Å². The molecule has 0 aliphatic carbocycles. The first-order valence-electron chi connectivity index (χ1n) is 7.69. The number of rotatable bonds is 7. The van der Waals surface area contributed by atoms with E-state index in [0.29, 0.717) is 5.92 Å². The molecule has 134 valence electrons. The Kier molecular flexibility index (Phi) is 6.44. The van der Waals surface area contributed by atoms with Gasteiger partial charge in [-0.05, 0) is 25.7 Å². The first kappa shape index (κ1) is 19.7. The van der Waals surface area contributed by atoms with Crippen LogP contribution in [0.15, 0.2) is 0 Å². The molecule has 1 heterocycles. The second kappa shape index (κ2) is 7.51. The van der Waals surface area contributed by atoms with Crippen molar-refractivity contribution >= 4 is 11.9 Å². The van der Waals surface area contributed by atoms with Gasteiger partial charge in [-0.25, -0.2) is 0 Å². The molecule has 0 aromatic carbocycles. The highest BCUT2D eigenvalue weighted by Gasteiger charge is 2.64. The Labute approximate surface area is 133 Å². The molecule has 0 bridgehead atoms. The monoisotopic (exact) mass is 339 g/mol. The molecule has 0 saturated carbocycles. The molecule has 1 rings (SSSR count). The normalized spacial score (nSPS) is 23.3. The van der Waals surface area contributed by atoms with E-state index in [9.17, 15) is 22.8 Å². The number of ether oxygens (including phenoxy) is 1. The van der Waals surface area contributed by atoms with Crippen molar-refractivity contribution in [2.24, 2.45) is 11.3 Å². The smallest absolute Gasteiger partial charge is 0.406 e. The van der Waals surface area contributed by atoms with Gasteiger partial charge in [0.15, 0.2) is 5.41 Å². The van der Waals surface area contributed by atoms with Crippen molar-refractivity contribution in [3.05, 3.63) is 0 Å². The lowest BCUT2D eigenvalue weighted by atomic mass is 9.86. The molecule has 1 N–H and O–H groups in total. The fraction of sp³-hybridized carbons (Fsp3) is 0.867. The minimum atomic E-state index is -4.88. The fourth-order valence-electron chi connectivity index (χ4n) is 2.79. The summed E-state index contributed by atoms with van der Waals surface area (Å²) < 4.78 is 44.6. The SMILES string of the molecule is CC(C)CC(C)OCCC(=O)N1CCC(C(=O)O)(C(F)(F)F)C1. The Morgan fingerprint density at radius 1 is 1.30 bits per heavy atom. The molecule has 1 aliphatic rings. The standard InChI is InChI=1S/C15H24F3NO4/c1-10(2)8-11(3)23-7-4-12(20)19-6-5-14(9-19,13(21)22)15(16,17)18/h10-11H,4-9H2,1-3H3,(H,21,22). The summed E-state index contributed by atoms with van der Waals surface area (Å²) >= 11 is 0. The van der Waals surface area contributed by atoms with Crippen LogP contribution in [-0.4, -0.2) is 53.9 Å². The van der Waals surface area contributed by atoms with Crippen LogP contribution in [0.5, 0.6) is 0 Å². The van der Waals surface area contributed by atoms with Gasteiger partial charge in [-0.15, -0.1) is 0 Å². The summed E-state index contributed by atoms with van der Waals surface area (Å²) in [7, 11) is 0. The number of nitrogens with zero attached hydrogens (tertiary/aromatic N) is 1. The quantitative estimate of drug-likeness (QED) is 0.774. The number of hydrogen-bond donors (Lipinski definition) is 1. The van der Waals surface area contributed by atoms with Gasteiger partial charge in [0.2, 0.25) is 5.91 Å². The minimum absolute atomic E-state index is 0.0327. The van der Waals surface area contributed by atoms with Crippen LogP contribution in [0.2, 0.25) is 0 Å².